The fraction of sp³-hybridized carbons (Fsp3) is 0.182. The summed E-state index contributed by atoms with van der Waals surface area (Å²) in [5, 5.41) is 24.3. The van der Waals surface area contributed by atoms with Crippen molar-refractivity contribution in [3.8, 4) is 11.4 Å². The van der Waals surface area contributed by atoms with Crippen molar-refractivity contribution in [2.24, 2.45) is 0 Å². The summed E-state index contributed by atoms with van der Waals surface area (Å²) < 4.78 is 1.55. The molecule has 1 N–H and O–H groups in total. The average molecular weight is 233 g/mol. The molecule has 17 heavy (non-hydrogen) atoms. The van der Waals surface area contributed by atoms with Crippen molar-refractivity contribution in [3.05, 3.63) is 45.8 Å². The van der Waals surface area contributed by atoms with Crippen molar-refractivity contribution in [2.75, 3.05) is 0 Å². The average Bonchev–Trinajstić information content (AvgIpc) is 2.57. The molecule has 0 saturated heterocycles. The molecule has 0 amide bonds. The second-order valence-corrected chi connectivity index (χ2v) is 3.70. The van der Waals surface area contributed by atoms with E-state index in [0.29, 0.717) is 17.1 Å². The summed E-state index contributed by atoms with van der Waals surface area (Å²) in [6.07, 6.45) is 0. The normalized spacial score (nSPS) is 10.5. The highest BCUT2D eigenvalue weighted by Gasteiger charge is 2.12. The summed E-state index contributed by atoms with van der Waals surface area (Å²) in [5.74, 6) is 0.142. The summed E-state index contributed by atoms with van der Waals surface area (Å²) in [7, 11) is 0. The van der Waals surface area contributed by atoms with E-state index in [1.807, 2.05) is 0 Å². The number of benzene rings is 1. The van der Waals surface area contributed by atoms with E-state index < -0.39 is 4.92 Å². The quantitative estimate of drug-likeness (QED) is 0.636. The van der Waals surface area contributed by atoms with Crippen LogP contribution in [0.1, 0.15) is 11.4 Å². The monoisotopic (exact) mass is 233 g/mol. The number of hydrogen-bond donors (Lipinski definition) is 1. The van der Waals surface area contributed by atoms with Gasteiger partial charge in [-0.15, -0.1) is 0 Å². The Kier molecular flexibility index (Phi) is 2.55. The highest BCUT2D eigenvalue weighted by molar-refractivity contribution is 5.44. The molecule has 6 heteroatoms. The lowest BCUT2D eigenvalue weighted by Gasteiger charge is -2.03. The Hall–Kier alpha value is -2.37. The molecule has 0 fully saturated rings. The van der Waals surface area contributed by atoms with Gasteiger partial charge in [-0.1, -0.05) is 0 Å². The van der Waals surface area contributed by atoms with Crippen LogP contribution >= 0.6 is 0 Å². The first-order valence-corrected chi connectivity index (χ1v) is 5.00. The van der Waals surface area contributed by atoms with Crippen LogP contribution in [0, 0.1) is 24.0 Å². The topological polar surface area (TPSA) is 81.2 Å². The van der Waals surface area contributed by atoms with Gasteiger partial charge in [0.15, 0.2) is 5.75 Å². The van der Waals surface area contributed by atoms with Crippen LogP contribution in [0.15, 0.2) is 24.3 Å². The van der Waals surface area contributed by atoms with Crippen molar-refractivity contribution in [2.45, 2.75) is 13.8 Å². The minimum Gasteiger partial charge on any atom is -0.504 e. The third-order valence-corrected chi connectivity index (χ3v) is 2.56. The van der Waals surface area contributed by atoms with Gasteiger partial charge in [0, 0.05) is 12.1 Å². The molecule has 1 aromatic heterocycles. The van der Waals surface area contributed by atoms with Crippen molar-refractivity contribution in [1.82, 2.24) is 9.78 Å². The maximum atomic E-state index is 10.5. The van der Waals surface area contributed by atoms with Crippen LogP contribution in [-0.4, -0.2) is 19.8 Å². The second kappa shape index (κ2) is 3.89. The maximum Gasteiger partial charge on any atom is 0.269 e. The Bertz CT molecular complexity index is 572. The highest BCUT2D eigenvalue weighted by Crippen LogP contribution is 2.24. The first-order valence-electron chi connectivity index (χ1n) is 5.00. The van der Waals surface area contributed by atoms with E-state index in [1.165, 1.54) is 12.1 Å². The van der Waals surface area contributed by atoms with Gasteiger partial charge in [0.05, 0.1) is 16.3 Å². The molecule has 2 rings (SSSR count). The highest BCUT2D eigenvalue weighted by atomic mass is 16.6. The van der Waals surface area contributed by atoms with Crippen molar-refractivity contribution < 1.29 is 10.0 Å². The SMILES string of the molecule is Cc1nn(-c2ccc([N+](=O)[O-])cc2)c(C)c1O. The number of rotatable bonds is 2. The van der Waals surface area contributed by atoms with Crippen LogP contribution in [0.3, 0.4) is 0 Å². The predicted molar refractivity (Wildman–Crippen MR) is 61.4 cm³/mol. The molecule has 0 atom stereocenters. The molecule has 1 heterocycles. The van der Waals surface area contributed by atoms with Gasteiger partial charge in [-0.2, -0.15) is 5.10 Å². The van der Waals surface area contributed by atoms with E-state index >= 15 is 0 Å². The van der Waals surface area contributed by atoms with E-state index in [4.69, 9.17) is 0 Å². The van der Waals surface area contributed by atoms with E-state index in [9.17, 15) is 15.2 Å². The Balaban J connectivity index is 2.47. The fourth-order valence-electron chi connectivity index (χ4n) is 1.60. The first-order chi connectivity index (χ1) is 8.00. The summed E-state index contributed by atoms with van der Waals surface area (Å²) in [6, 6.07) is 6.00. The van der Waals surface area contributed by atoms with E-state index in [-0.39, 0.29) is 11.4 Å². The molecular weight excluding hydrogens is 222 g/mol. The molecule has 88 valence electrons. The van der Waals surface area contributed by atoms with Crippen molar-refractivity contribution in [3.63, 3.8) is 0 Å². The molecule has 0 aliphatic carbocycles. The number of aromatic hydroxyl groups is 1. The summed E-state index contributed by atoms with van der Waals surface area (Å²) in [6.45, 7) is 3.43. The van der Waals surface area contributed by atoms with Crippen LogP contribution in [0.25, 0.3) is 5.69 Å². The Labute approximate surface area is 97.3 Å². The largest absolute Gasteiger partial charge is 0.504 e. The van der Waals surface area contributed by atoms with Gasteiger partial charge in [-0.3, -0.25) is 10.1 Å². The molecule has 2 aromatic rings. The van der Waals surface area contributed by atoms with Gasteiger partial charge in [-0.25, -0.2) is 4.68 Å². The summed E-state index contributed by atoms with van der Waals surface area (Å²) in [4.78, 5) is 10.1. The molecule has 0 radical (unpaired) electrons. The minimum absolute atomic E-state index is 0.0273. The first kappa shape index (κ1) is 11.1. The Morgan fingerprint density at radius 3 is 2.29 bits per heavy atom. The Morgan fingerprint density at radius 2 is 1.88 bits per heavy atom. The molecule has 0 spiro atoms. The minimum atomic E-state index is -0.456. The van der Waals surface area contributed by atoms with E-state index in [1.54, 1.807) is 30.7 Å². The smallest absolute Gasteiger partial charge is 0.269 e. The number of nitro groups is 1. The predicted octanol–water partition coefficient (Wildman–Crippen LogP) is 2.10. The third-order valence-electron chi connectivity index (χ3n) is 2.56. The van der Waals surface area contributed by atoms with Crippen LogP contribution in [0.2, 0.25) is 0 Å². The van der Waals surface area contributed by atoms with Gasteiger partial charge in [0.25, 0.3) is 5.69 Å². The summed E-state index contributed by atoms with van der Waals surface area (Å²) >= 11 is 0. The van der Waals surface area contributed by atoms with Crippen LogP contribution < -0.4 is 0 Å². The molecule has 0 aliphatic rings. The third kappa shape index (κ3) is 1.84. The zero-order valence-electron chi connectivity index (χ0n) is 9.41. The van der Waals surface area contributed by atoms with Crippen molar-refractivity contribution in [1.29, 1.82) is 0 Å². The molecule has 6 nitrogen and oxygen atoms in total. The van der Waals surface area contributed by atoms with Crippen LogP contribution in [-0.2, 0) is 0 Å². The van der Waals surface area contributed by atoms with Gasteiger partial charge >= 0.3 is 0 Å². The van der Waals surface area contributed by atoms with Crippen molar-refractivity contribution >= 4 is 5.69 Å². The maximum absolute atomic E-state index is 10.5. The number of hydrogen-bond acceptors (Lipinski definition) is 4. The molecule has 1 aromatic carbocycles. The summed E-state index contributed by atoms with van der Waals surface area (Å²) in [5.41, 5.74) is 1.84. The van der Waals surface area contributed by atoms with Gasteiger partial charge in [0.2, 0.25) is 0 Å². The zero-order chi connectivity index (χ0) is 12.6. The van der Waals surface area contributed by atoms with Gasteiger partial charge in [0.1, 0.15) is 5.69 Å². The number of non-ortho nitro benzene ring substituents is 1. The zero-order valence-corrected chi connectivity index (χ0v) is 9.41. The van der Waals surface area contributed by atoms with E-state index in [0.717, 1.165) is 0 Å². The molecule has 0 aliphatic heterocycles. The lowest BCUT2D eigenvalue weighted by atomic mass is 10.3. The van der Waals surface area contributed by atoms with Crippen LogP contribution in [0.5, 0.6) is 5.75 Å². The Morgan fingerprint density at radius 1 is 1.29 bits per heavy atom. The van der Waals surface area contributed by atoms with Gasteiger partial charge < -0.3 is 5.11 Å². The number of nitrogens with zero attached hydrogens (tertiary/aromatic N) is 3. The standard InChI is InChI=1S/C11H11N3O3/c1-7-11(15)8(2)13(12-7)9-3-5-10(6-4-9)14(16)17/h3-6,15H,1-2H3. The lowest BCUT2D eigenvalue weighted by molar-refractivity contribution is -0.384. The second-order valence-electron chi connectivity index (χ2n) is 3.70. The molecule has 0 bridgehead atoms. The number of aryl methyl sites for hydroxylation is 1. The number of nitro benzene ring substituents is 1. The molecule has 0 saturated carbocycles. The van der Waals surface area contributed by atoms with Gasteiger partial charge in [-0.05, 0) is 26.0 Å². The lowest BCUT2D eigenvalue weighted by Crippen LogP contribution is -1.99. The van der Waals surface area contributed by atoms with E-state index in [2.05, 4.69) is 5.10 Å². The molecular formula is C11H11N3O3. The number of aromatic nitrogens is 2. The molecule has 0 unspecified atom stereocenters. The van der Waals surface area contributed by atoms with Crippen LogP contribution in [0.4, 0.5) is 5.69 Å². The fourth-order valence-corrected chi connectivity index (χ4v) is 1.60.